The van der Waals surface area contributed by atoms with Crippen molar-refractivity contribution in [3.05, 3.63) is 53.6 Å². The molecule has 0 bridgehead atoms. The first-order valence-corrected chi connectivity index (χ1v) is 11.8. The van der Waals surface area contributed by atoms with Crippen LogP contribution in [0.3, 0.4) is 0 Å². The Kier molecular flexibility index (Phi) is 5.60. The van der Waals surface area contributed by atoms with E-state index in [1.165, 1.54) is 17.5 Å². The summed E-state index contributed by atoms with van der Waals surface area (Å²) in [4.78, 5) is 5.05. The van der Waals surface area contributed by atoms with Crippen LogP contribution >= 0.6 is 0 Å². The van der Waals surface area contributed by atoms with Gasteiger partial charge in [-0.25, -0.2) is 8.42 Å². The molecule has 4 rings (SSSR count). The van der Waals surface area contributed by atoms with Crippen molar-refractivity contribution in [1.82, 2.24) is 4.90 Å². The first-order chi connectivity index (χ1) is 13.6. The van der Waals surface area contributed by atoms with Crippen LogP contribution in [0.4, 0.5) is 11.4 Å². The minimum absolute atomic E-state index is 0.360. The highest BCUT2D eigenvalue weighted by atomic mass is 32.2. The van der Waals surface area contributed by atoms with Crippen molar-refractivity contribution in [3.63, 3.8) is 0 Å². The quantitative estimate of drug-likeness (QED) is 0.836. The van der Waals surface area contributed by atoms with E-state index in [9.17, 15) is 8.42 Å². The maximum Gasteiger partial charge on any atom is 0.261 e. The van der Waals surface area contributed by atoms with E-state index < -0.39 is 10.0 Å². The van der Waals surface area contributed by atoms with Crippen LogP contribution in [-0.4, -0.2) is 46.0 Å². The van der Waals surface area contributed by atoms with Gasteiger partial charge in [0.2, 0.25) is 0 Å². The number of para-hydroxylation sites is 2. The zero-order valence-corrected chi connectivity index (χ0v) is 17.3. The molecule has 1 fully saturated rings. The topological polar surface area (TPSA) is 52.6 Å². The number of likely N-dealkylation sites (N-methyl/N-ethyl adjacent to an activating group) is 1. The molecule has 1 N–H and O–H groups in total. The fourth-order valence-corrected chi connectivity index (χ4v) is 5.35. The number of hydrogen-bond acceptors (Lipinski definition) is 4. The van der Waals surface area contributed by atoms with E-state index in [0.717, 1.165) is 57.7 Å². The number of rotatable bonds is 5. The second kappa shape index (κ2) is 8.13. The van der Waals surface area contributed by atoms with E-state index in [4.69, 9.17) is 0 Å². The molecule has 0 atom stereocenters. The van der Waals surface area contributed by atoms with Crippen LogP contribution in [0.1, 0.15) is 30.9 Å². The molecular formula is C22H29N3O2S. The number of fused-ring (bicyclic) bond motifs is 1. The lowest BCUT2D eigenvalue weighted by Crippen LogP contribution is -2.46. The van der Waals surface area contributed by atoms with Crippen LogP contribution in [-0.2, 0) is 22.9 Å². The predicted octanol–water partition coefficient (Wildman–Crippen LogP) is 3.51. The molecule has 2 aromatic rings. The predicted molar refractivity (Wildman–Crippen MR) is 115 cm³/mol. The van der Waals surface area contributed by atoms with Crippen LogP contribution in [0.25, 0.3) is 0 Å². The third kappa shape index (κ3) is 4.03. The summed E-state index contributed by atoms with van der Waals surface area (Å²) >= 11 is 0. The van der Waals surface area contributed by atoms with Gasteiger partial charge in [-0.15, -0.1) is 0 Å². The van der Waals surface area contributed by atoms with Crippen molar-refractivity contribution in [2.75, 3.05) is 42.3 Å². The molecule has 2 aliphatic rings. The van der Waals surface area contributed by atoms with Gasteiger partial charge in [0.25, 0.3) is 10.0 Å². The molecule has 150 valence electrons. The molecular weight excluding hydrogens is 370 g/mol. The third-order valence-corrected chi connectivity index (χ3v) is 7.30. The largest absolute Gasteiger partial charge is 0.367 e. The lowest BCUT2D eigenvalue weighted by Gasteiger charge is -2.36. The van der Waals surface area contributed by atoms with Gasteiger partial charge < -0.3 is 9.80 Å². The number of piperazine rings is 1. The minimum atomic E-state index is -3.61. The van der Waals surface area contributed by atoms with Gasteiger partial charge in [-0.05, 0) is 67.6 Å². The third-order valence-electron chi connectivity index (χ3n) is 5.94. The Morgan fingerprint density at radius 1 is 0.929 bits per heavy atom. The molecule has 1 aliphatic carbocycles. The zero-order chi connectivity index (χ0) is 19.6. The maximum absolute atomic E-state index is 13.1. The molecule has 28 heavy (non-hydrogen) atoms. The number of nitrogens with one attached hydrogen (secondary N) is 1. The van der Waals surface area contributed by atoms with Crippen molar-refractivity contribution in [3.8, 4) is 0 Å². The van der Waals surface area contributed by atoms with Crippen LogP contribution in [0.15, 0.2) is 47.4 Å². The number of nitrogens with zero attached hydrogens (tertiary/aromatic N) is 2. The summed E-state index contributed by atoms with van der Waals surface area (Å²) < 4.78 is 29.0. The molecule has 1 aliphatic heterocycles. The monoisotopic (exact) mass is 399 g/mol. The average Bonchev–Trinajstić information content (AvgIpc) is 2.73. The summed E-state index contributed by atoms with van der Waals surface area (Å²) in [7, 11) is -3.61. The van der Waals surface area contributed by atoms with Crippen LogP contribution in [0.5, 0.6) is 0 Å². The summed E-state index contributed by atoms with van der Waals surface area (Å²) in [5.41, 5.74) is 4.09. The molecule has 2 aromatic carbocycles. The number of hydrogen-bond donors (Lipinski definition) is 1. The number of aryl methyl sites for hydroxylation is 2. The second-order valence-electron chi connectivity index (χ2n) is 7.68. The standard InChI is InChI=1S/C22H29N3O2S/c1-2-24-13-15-25(16-14-24)22-10-6-5-9-21(22)23-28(26,27)20-12-11-18-7-3-4-8-19(18)17-20/h5-6,9-12,17,23H,2-4,7-8,13-16H2,1H3. The highest BCUT2D eigenvalue weighted by Crippen LogP contribution is 2.30. The maximum atomic E-state index is 13.1. The highest BCUT2D eigenvalue weighted by molar-refractivity contribution is 7.92. The first kappa shape index (κ1) is 19.3. The Morgan fingerprint density at radius 3 is 2.39 bits per heavy atom. The van der Waals surface area contributed by atoms with Crippen molar-refractivity contribution >= 4 is 21.4 Å². The van der Waals surface area contributed by atoms with Gasteiger partial charge >= 0.3 is 0 Å². The number of sulfonamides is 1. The van der Waals surface area contributed by atoms with Crippen LogP contribution < -0.4 is 9.62 Å². The van der Waals surface area contributed by atoms with Crippen molar-refractivity contribution in [2.45, 2.75) is 37.5 Å². The van der Waals surface area contributed by atoms with E-state index in [1.54, 1.807) is 6.07 Å². The van der Waals surface area contributed by atoms with Crippen molar-refractivity contribution < 1.29 is 8.42 Å². The lowest BCUT2D eigenvalue weighted by molar-refractivity contribution is 0.271. The van der Waals surface area contributed by atoms with E-state index in [-0.39, 0.29) is 0 Å². The molecule has 0 saturated carbocycles. The van der Waals surface area contributed by atoms with E-state index in [1.807, 2.05) is 36.4 Å². The van der Waals surface area contributed by atoms with Crippen molar-refractivity contribution in [2.24, 2.45) is 0 Å². The smallest absolute Gasteiger partial charge is 0.261 e. The molecule has 0 aromatic heterocycles. The molecule has 6 heteroatoms. The van der Waals surface area contributed by atoms with E-state index in [0.29, 0.717) is 10.6 Å². The molecule has 0 amide bonds. The summed E-state index contributed by atoms with van der Waals surface area (Å²) in [6.45, 7) is 7.05. The van der Waals surface area contributed by atoms with Crippen LogP contribution in [0.2, 0.25) is 0 Å². The molecule has 0 spiro atoms. The first-order valence-electron chi connectivity index (χ1n) is 10.3. The molecule has 1 heterocycles. The molecule has 5 nitrogen and oxygen atoms in total. The number of benzene rings is 2. The normalized spacial score (nSPS) is 18.0. The van der Waals surface area contributed by atoms with Gasteiger partial charge in [0.1, 0.15) is 0 Å². The Labute approximate surface area is 168 Å². The van der Waals surface area contributed by atoms with Gasteiger partial charge in [-0.3, -0.25) is 4.72 Å². The lowest BCUT2D eigenvalue weighted by atomic mass is 9.92. The Bertz CT molecular complexity index is 935. The van der Waals surface area contributed by atoms with E-state index >= 15 is 0 Å². The zero-order valence-electron chi connectivity index (χ0n) is 16.5. The summed E-state index contributed by atoms with van der Waals surface area (Å²) in [5.74, 6) is 0. The van der Waals surface area contributed by atoms with Crippen LogP contribution in [0, 0.1) is 0 Å². The fraction of sp³-hybridized carbons (Fsp3) is 0.455. The Hall–Kier alpha value is -2.05. The van der Waals surface area contributed by atoms with E-state index in [2.05, 4.69) is 21.4 Å². The SMILES string of the molecule is CCN1CCN(c2ccccc2NS(=O)(=O)c2ccc3c(c2)CCCC3)CC1. The average molecular weight is 400 g/mol. The fourth-order valence-electron chi connectivity index (χ4n) is 4.22. The second-order valence-corrected chi connectivity index (χ2v) is 9.36. The Morgan fingerprint density at radius 2 is 1.64 bits per heavy atom. The van der Waals surface area contributed by atoms with Crippen molar-refractivity contribution in [1.29, 1.82) is 0 Å². The highest BCUT2D eigenvalue weighted by Gasteiger charge is 2.22. The summed E-state index contributed by atoms with van der Waals surface area (Å²) in [6, 6.07) is 13.3. The molecule has 1 saturated heterocycles. The minimum Gasteiger partial charge on any atom is -0.367 e. The van der Waals surface area contributed by atoms with Gasteiger partial charge in [0.15, 0.2) is 0 Å². The van der Waals surface area contributed by atoms with Gasteiger partial charge in [-0.1, -0.05) is 25.1 Å². The number of anilines is 2. The van der Waals surface area contributed by atoms with Gasteiger partial charge in [-0.2, -0.15) is 0 Å². The van der Waals surface area contributed by atoms with Gasteiger partial charge in [0, 0.05) is 26.2 Å². The van der Waals surface area contributed by atoms with Gasteiger partial charge in [0.05, 0.1) is 16.3 Å². The summed E-state index contributed by atoms with van der Waals surface area (Å²) in [5, 5.41) is 0. The molecule has 0 radical (unpaired) electrons. The summed E-state index contributed by atoms with van der Waals surface area (Å²) in [6.07, 6.45) is 4.35. The molecule has 0 unspecified atom stereocenters. The Balaban J connectivity index is 1.57.